The highest BCUT2D eigenvalue weighted by Gasteiger charge is 2.51. The summed E-state index contributed by atoms with van der Waals surface area (Å²) in [6.45, 7) is 0.633. The van der Waals surface area contributed by atoms with E-state index in [2.05, 4.69) is 0 Å². The number of hydrogen-bond donors (Lipinski definition) is 3. The van der Waals surface area contributed by atoms with Crippen LogP contribution in [0.2, 0.25) is 0 Å². The van der Waals surface area contributed by atoms with Crippen molar-refractivity contribution in [2.45, 2.75) is 37.3 Å². The number of nitrogens with one attached hydrogen (secondary N) is 1. The Bertz CT molecular complexity index is 1260. The van der Waals surface area contributed by atoms with Crippen molar-refractivity contribution in [2.24, 2.45) is 5.73 Å². The molecule has 198 valence electrons. The zero-order chi connectivity index (χ0) is 27.1. The first kappa shape index (κ1) is 26.9. The Morgan fingerprint density at radius 3 is 2.29 bits per heavy atom. The van der Waals surface area contributed by atoms with Crippen LogP contribution in [0.1, 0.15) is 30.4 Å². The molecule has 8 heteroatoms. The number of methoxy groups -OCH3 is 1. The van der Waals surface area contributed by atoms with E-state index in [0.717, 1.165) is 24.0 Å². The predicted octanol–water partition coefficient (Wildman–Crippen LogP) is 3.54. The molecule has 38 heavy (non-hydrogen) atoms. The predicted molar refractivity (Wildman–Crippen MR) is 145 cm³/mol. The average Bonchev–Trinajstić information content (AvgIpc) is 3.17. The van der Waals surface area contributed by atoms with Gasteiger partial charge >= 0.3 is 5.97 Å². The van der Waals surface area contributed by atoms with Crippen molar-refractivity contribution < 1.29 is 24.2 Å². The van der Waals surface area contributed by atoms with Gasteiger partial charge in [0.05, 0.1) is 19.6 Å². The zero-order valence-electron chi connectivity index (χ0n) is 21.4. The van der Waals surface area contributed by atoms with Crippen molar-refractivity contribution in [3.63, 3.8) is 0 Å². The first-order valence-electron chi connectivity index (χ1n) is 12.6. The van der Waals surface area contributed by atoms with Gasteiger partial charge in [-0.2, -0.15) is 0 Å². The lowest BCUT2D eigenvalue weighted by molar-refractivity contribution is -0.155. The summed E-state index contributed by atoms with van der Waals surface area (Å²) in [7, 11) is 1.24. The normalized spacial score (nSPS) is 18.8. The van der Waals surface area contributed by atoms with E-state index in [1.807, 2.05) is 66.7 Å². The fourth-order valence-corrected chi connectivity index (χ4v) is 4.79. The number of nitrogen functional groups attached to an aromatic ring is 1. The number of carbonyl (C=O) groups excluding carboxylic acids is 2. The molecule has 0 saturated carbocycles. The largest absolute Gasteiger partial charge is 0.491 e. The van der Waals surface area contributed by atoms with Crippen LogP contribution in [0, 0.1) is 5.41 Å². The van der Waals surface area contributed by atoms with Crippen LogP contribution in [-0.2, 0) is 20.7 Å². The molecule has 4 N–H and O–H groups in total. The number of ether oxygens (including phenoxy) is 2. The molecule has 0 bridgehead atoms. The van der Waals surface area contributed by atoms with Gasteiger partial charge in [-0.3, -0.25) is 15.0 Å². The van der Waals surface area contributed by atoms with E-state index < -0.39 is 17.5 Å². The molecule has 1 heterocycles. The third-order valence-electron chi connectivity index (χ3n) is 6.87. The molecule has 0 spiro atoms. The number of benzene rings is 3. The van der Waals surface area contributed by atoms with E-state index in [9.17, 15) is 14.7 Å². The molecule has 0 aromatic heterocycles. The van der Waals surface area contributed by atoms with Crippen molar-refractivity contribution in [3.05, 3.63) is 90.0 Å². The van der Waals surface area contributed by atoms with Crippen LogP contribution >= 0.6 is 0 Å². The lowest BCUT2D eigenvalue weighted by Gasteiger charge is -2.25. The quantitative estimate of drug-likeness (QED) is 0.204. The average molecular weight is 516 g/mol. The minimum atomic E-state index is -1.80. The van der Waals surface area contributed by atoms with E-state index in [4.69, 9.17) is 20.6 Å². The van der Waals surface area contributed by atoms with Gasteiger partial charge < -0.3 is 25.2 Å². The second kappa shape index (κ2) is 11.9. The number of likely N-dealkylation sites (tertiary alicyclic amines) is 1. The van der Waals surface area contributed by atoms with Gasteiger partial charge in [0.2, 0.25) is 0 Å². The van der Waals surface area contributed by atoms with Crippen LogP contribution in [0.25, 0.3) is 11.1 Å². The number of amides is 1. The fraction of sp³-hybridized carbons (Fsp3) is 0.300. The van der Waals surface area contributed by atoms with Crippen LogP contribution in [0.4, 0.5) is 0 Å². The Balaban J connectivity index is 1.41. The summed E-state index contributed by atoms with van der Waals surface area (Å²) in [6.07, 6.45) is 1.22. The molecule has 1 aliphatic heterocycles. The van der Waals surface area contributed by atoms with Gasteiger partial charge in [-0.25, -0.2) is 0 Å². The number of carbonyl (C=O) groups is 2. The number of aryl methyl sites for hydroxylation is 1. The molecular weight excluding hydrogens is 482 g/mol. The van der Waals surface area contributed by atoms with Crippen molar-refractivity contribution in [2.75, 3.05) is 20.3 Å². The molecule has 3 aromatic rings. The Morgan fingerprint density at radius 2 is 1.68 bits per heavy atom. The van der Waals surface area contributed by atoms with Gasteiger partial charge in [0, 0.05) is 18.5 Å². The Morgan fingerprint density at radius 1 is 1.05 bits per heavy atom. The molecule has 0 aliphatic carbocycles. The van der Waals surface area contributed by atoms with Crippen LogP contribution < -0.4 is 10.5 Å². The summed E-state index contributed by atoms with van der Waals surface area (Å²) in [6, 6.07) is 24.6. The van der Waals surface area contributed by atoms with Crippen LogP contribution in [0.15, 0.2) is 78.9 Å². The Hall–Kier alpha value is -4.17. The molecule has 8 nitrogen and oxygen atoms in total. The van der Waals surface area contributed by atoms with Gasteiger partial charge in [-0.05, 0) is 41.7 Å². The van der Waals surface area contributed by atoms with E-state index in [1.54, 1.807) is 17.0 Å². The van der Waals surface area contributed by atoms with Gasteiger partial charge in [0.1, 0.15) is 18.2 Å². The minimum absolute atomic E-state index is 0.0262. The third-order valence-corrected chi connectivity index (χ3v) is 6.87. The highest BCUT2D eigenvalue weighted by molar-refractivity contribution is 5.95. The van der Waals surface area contributed by atoms with Crippen molar-refractivity contribution in [1.82, 2.24) is 4.90 Å². The molecule has 2 atom stereocenters. The van der Waals surface area contributed by atoms with E-state index in [-0.39, 0.29) is 31.3 Å². The highest BCUT2D eigenvalue weighted by atomic mass is 16.5. The monoisotopic (exact) mass is 515 g/mol. The minimum Gasteiger partial charge on any atom is -0.491 e. The molecule has 0 radical (unpaired) electrons. The first-order valence-corrected chi connectivity index (χ1v) is 12.6. The highest BCUT2D eigenvalue weighted by Crippen LogP contribution is 2.33. The van der Waals surface area contributed by atoms with E-state index >= 15 is 0 Å². The molecule has 4 rings (SSSR count). The van der Waals surface area contributed by atoms with Crippen LogP contribution in [0.3, 0.4) is 0 Å². The maximum Gasteiger partial charge on any atom is 0.308 e. The number of esters is 1. The number of rotatable bonds is 11. The standard InChI is InChI=1S/C30H33N3O5/c1-37-27(34)19-30(36)18-25(33(29(30)35)17-5-8-21-6-3-2-4-7-21)20-38-26-15-13-23(14-16-26)22-9-11-24(12-10-22)28(31)32/h2-4,6-7,9-16,25,36H,5,8,17-20H2,1H3,(H3,31,32)/t25-,30+/m0/s1. The number of aliphatic hydroxyl groups is 1. The first-order chi connectivity index (χ1) is 18.3. The van der Waals surface area contributed by atoms with Crippen LogP contribution in [0.5, 0.6) is 5.75 Å². The summed E-state index contributed by atoms with van der Waals surface area (Å²) in [4.78, 5) is 26.7. The zero-order valence-corrected chi connectivity index (χ0v) is 21.4. The van der Waals surface area contributed by atoms with Gasteiger partial charge in [-0.1, -0.05) is 66.7 Å². The maximum absolute atomic E-state index is 13.2. The van der Waals surface area contributed by atoms with Crippen molar-refractivity contribution in [3.8, 4) is 16.9 Å². The topological polar surface area (TPSA) is 126 Å². The van der Waals surface area contributed by atoms with E-state index in [0.29, 0.717) is 17.9 Å². The third kappa shape index (κ3) is 6.39. The van der Waals surface area contributed by atoms with Gasteiger partial charge in [0.15, 0.2) is 5.60 Å². The summed E-state index contributed by atoms with van der Waals surface area (Å²) in [5.41, 5.74) is 7.54. The molecule has 3 aromatic carbocycles. The fourth-order valence-electron chi connectivity index (χ4n) is 4.79. The molecule has 1 saturated heterocycles. The Labute approximate surface area is 222 Å². The summed E-state index contributed by atoms with van der Waals surface area (Å²) >= 11 is 0. The number of nitrogens with two attached hydrogens (primary N) is 1. The molecular formula is C30H33N3O5. The second-order valence-corrected chi connectivity index (χ2v) is 9.56. The lowest BCUT2D eigenvalue weighted by atomic mass is 9.96. The lowest BCUT2D eigenvalue weighted by Crippen LogP contribution is -2.43. The summed E-state index contributed by atoms with van der Waals surface area (Å²) < 4.78 is 10.7. The van der Waals surface area contributed by atoms with Gasteiger partial charge in [0.25, 0.3) is 5.91 Å². The van der Waals surface area contributed by atoms with E-state index in [1.165, 1.54) is 12.7 Å². The van der Waals surface area contributed by atoms with Crippen molar-refractivity contribution in [1.29, 1.82) is 5.41 Å². The molecule has 1 fully saturated rings. The SMILES string of the molecule is COC(=O)C[C@]1(O)C[C@@H](COc2ccc(-c3ccc(C(=N)N)cc3)cc2)N(CCCc2ccccc2)C1=O. The van der Waals surface area contributed by atoms with Crippen molar-refractivity contribution >= 4 is 17.7 Å². The maximum atomic E-state index is 13.2. The Kier molecular flexibility index (Phi) is 8.43. The number of hydrogen-bond acceptors (Lipinski definition) is 6. The van der Waals surface area contributed by atoms with Crippen LogP contribution in [-0.4, -0.2) is 59.6 Å². The summed E-state index contributed by atoms with van der Waals surface area (Å²) in [5, 5.41) is 18.6. The second-order valence-electron chi connectivity index (χ2n) is 9.56. The number of amidine groups is 1. The number of nitrogens with zero attached hydrogens (tertiary/aromatic N) is 1. The smallest absolute Gasteiger partial charge is 0.308 e. The molecule has 1 aliphatic rings. The molecule has 1 amide bonds. The summed E-state index contributed by atoms with van der Waals surface area (Å²) in [5.74, 6) is -0.431. The molecule has 0 unspecified atom stereocenters. The van der Waals surface area contributed by atoms with Gasteiger partial charge in [-0.15, -0.1) is 0 Å².